The topological polar surface area (TPSA) is 45.3 Å². The Balaban J connectivity index is 1.39. The van der Waals surface area contributed by atoms with Crippen molar-refractivity contribution in [2.45, 2.75) is 30.8 Å². The lowest BCUT2D eigenvalue weighted by Gasteiger charge is -2.51. The minimum atomic E-state index is 0.268. The fraction of sp³-hybridized carbons (Fsp3) is 0.682. The minimum Gasteiger partial charge on any atom is -0.497 e. The molecule has 0 radical (unpaired) electrons. The summed E-state index contributed by atoms with van der Waals surface area (Å²) in [5.74, 6) is 2.36. The molecule has 0 saturated carbocycles. The van der Waals surface area contributed by atoms with Gasteiger partial charge in [0.1, 0.15) is 5.75 Å². The SMILES string of the molecule is COc1cccc([C@@H]2CN(CC(=O)N3CCOCC3)[C@@H]3C4CCN(CC4)[C@@H]32)c1. The Morgan fingerprint density at radius 1 is 1.14 bits per heavy atom. The molecule has 1 aromatic carbocycles. The van der Waals surface area contributed by atoms with Gasteiger partial charge >= 0.3 is 0 Å². The van der Waals surface area contributed by atoms with Crippen molar-refractivity contribution in [3.05, 3.63) is 29.8 Å². The number of likely N-dealkylation sites (tertiary alicyclic amines) is 1. The molecule has 6 heteroatoms. The van der Waals surface area contributed by atoms with E-state index in [4.69, 9.17) is 9.47 Å². The van der Waals surface area contributed by atoms with Gasteiger partial charge in [0, 0.05) is 37.6 Å². The fourth-order valence-electron chi connectivity index (χ4n) is 5.97. The summed E-state index contributed by atoms with van der Waals surface area (Å²) in [7, 11) is 1.73. The molecular formula is C22H31N3O3. The summed E-state index contributed by atoms with van der Waals surface area (Å²) >= 11 is 0. The third-order valence-corrected chi connectivity index (χ3v) is 7.32. The quantitative estimate of drug-likeness (QED) is 0.784. The number of hydrogen-bond donors (Lipinski definition) is 0. The highest BCUT2D eigenvalue weighted by atomic mass is 16.5. The van der Waals surface area contributed by atoms with Gasteiger partial charge in [-0.3, -0.25) is 14.6 Å². The van der Waals surface area contributed by atoms with Crippen LogP contribution in [0, 0.1) is 5.92 Å². The number of rotatable bonds is 4. The van der Waals surface area contributed by atoms with E-state index in [1.165, 1.54) is 31.5 Å². The van der Waals surface area contributed by atoms with Crippen LogP contribution in [0.2, 0.25) is 0 Å². The van der Waals surface area contributed by atoms with E-state index in [1.807, 2.05) is 11.0 Å². The standard InChI is InChI=1S/C22H31N3O3/c1-27-18-4-2-3-17(13-18)19-14-25(15-20(26)23-9-11-28-12-10-23)21-16-5-7-24(8-6-16)22(19)21/h2-4,13,16,19,21-22H,5-12,14-15H2,1H3/t19-,21+,22+/m0/s1. The molecule has 0 unspecified atom stereocenters. The molecule has 5 aliphatic rings. The monoisotopic (exact) mass is 385 g/mol. The molecule has 152 valence electrons. The lowest BCUT2D eigenvalue weighted by Crippen LogP contribution is -2.61. The van der Waals surface area contributed by atoms with Crippen LogP contribution in [0.5, 0.6) is 5.75 Å². The molecule has 5 saturated heterocycles. The third-order valence-electron chi connectivity index (χ3n) is 7.32. The number of hydrogen-bond acceptors (Lipinski definition) is 5. The number of morpholine rings is 1. The Kier molecular flexibility index (Phi) is 5.03. The zero-order valence-electron chi connectivity index (χ0n) is 16.8. The first-order chi connectivity index (χ1) is 13.7. The van der Waals surface area contributed by atoms with Crippen molar-refractivity contribution in [2.24, 2.45) is 5.92 Å². The summed E-state index contributed by atoms with van der Waals surface area (Å²) in [5, 5.41) is 0. The van der Waals surface area contributed by atoms with E-state index < -0.39 is 0 Å². The van der Waals surface area contributed by atoms with Crippen molar-refractivity contribution in [1.82, 2.24) is 14.7 Å². The number of methoxy groups -OCH3 is 1. The predicted octanol–water partition coefficient (Wildman–Crippen LogP) is 1.42. The second-order valence-electron chi connectivity index (χ2n) is 8.66. The molecule has 0 aliphatic carbocycles. The van der Waals surface area contributed by atoms with Crippen molar-refractivity contribution in [3.63, 3.8) is 0 Å². The van der Waals surface area contributed by atoms with Crippen molar-refractivity contribution in [2.75, 3.05) is 59.6 Å². The Hall–Kier alpha value is -1.63. The van der Waals surface area contributed by atoms with E-state index in [2.05, 4.69) is 28.0 Å². The second kappa shape index (κ2) is 7.65. The van der Waals surface area contributed by atoms with Crippen LogP contribution in [0.3, 0.4) is 0 Å². The molecule has 2 bridgehead atoms. The number of carbonyl (C=O) groups excluding carboxylic acids is 1. The normalized spacial score (nSPS) is 35.0. The first kappa shape index (κ1) is 18.4. The number of carbonyl (C=O) groups is 1. The average molecular weight is 386 g/mol. The summed E-state index contributed by atoms with van der Waals surface area (Å²) in [6.07, 6.45) is 2.54. The summed E-state index contributed by atoms with van der Waals surface area (Å²) in [4.78, 5) is 20.1. The van der Waals surface area contributed by atoms with Crippen LogP contribution in [-0.2, 0) is 9.53 Å². The molecule has 6 nitrogen and oxygen atoms in total. The predicted molar refractivity (Wildman–Crippen MR) is 107 cm³/mol. The number of benzene rings is 1. The maximum Gasteiger partial charge on any atom is 0.236 e. The Morgan fingerprint density at radius 2 is 1.93 bits per heavy atom. The summed E-state index contributed by atoms with van der Waals surface area (Å²) < 4.78 is 10.9. The van der Waals surface area contributed by atoms with E-state index in [0.29, 0.717) is 37.8 Å². The van der Waals surface area contributed by atoms with Gasteiger partial charge in [-0.15, -0.1) is 0 Å². The van der Waals surface area contributed by atoms with Crippen molar-refractivity contribution in [1.29, 1.82) is 0 Å². The molecule has 3 atom stereocenters. The molecule has 1 amide bonds. The van der Waals surface area contributed by atoms with Gasteiger partial charge in [0.15, 0.2) is 0 Å². The van der Waals surface area contributed by atoms with Crippen molar-refractivity contribution in [3.8, 4) is 5.75 Å². The molecule has 28 heavy (non-hydrogen) atoms. The van der Waals surface area contributed by atoms with Gasteiger partial charge in [-0.2, -0.15) is 0 Å². The van der Waals surface area contributed by atoms with Crippen molar-refractivity contribution < 1.29 is 14.3 Å². The molecule has 5 aliphatic heterocycles. The zero-order chi connectivity index (χ0) is 19.1. The number of ether oxygens (including phenoxy) is 2. The Bertz CT molecular complexity index is 713. The molecule has 0 spiro atoms. The lowest BCUT2D eigenvalue weighted by molar-refractivity contribution is -0.137. The average Bonchev–Trinajstić information content (AvgIpc) is 3.17. The van der Waals surface area contributed by atoms with Gasteiger partial charge in [0.25, 0.3) is 0 Å². The number of amides is 1. The highest BCUT2D eigenvalue weighted by Crippen LogP contribution is 2.46. The van der Waals surface area contributed by atoms with E-state index in [1.54, 1.807) is 7.11 Å². The molecule has 5 fully saturated rings. The van der Waals surface area contributed by atoms with E-state index in [-0.39, 0.29) is 5.91 Å². The maximum absolute atomic E-state index is 13.0. The Labute approximate surface area is 167 Å². The van der Waals surface area contributed by atoms with E-state index in [0.717, 1.165) is 31.3 Å². The largest absolute Gasteiger partial charge is 0.497 e. The number of piperidine rings is 3. The molecule has 1 aromatic rings. The lowest BCUT2D eigenvalue weighted by atomic mass is 9.75. The van der Waals surface area contributed by atoms with E-state index in [9.17, 15) is 4.79 Å². The van der Waals surface area contributed by atoms with Gasteiger partial charge < -0.3 is 14.4 Å². The fourth-order valence-corrected chi connectivity index (χ4v) is 5.97. The van der Waals surface area contributed by atoms with Gasteiger partial charge in [-0.25, -0.2) is 0 Å². The first-order valence-corrected chi connectivity index (χ1v) is 10.7. The van der Waals surface area contributed by atoms with Crippen LogP contribution in [0.15, 0.2) is 24.3 Å². The van der Waals surface area contributed by atoms with Gasteiger partial charge in [-0.05, 0) is 49.5 Å². The third kappa shape index (κ3) is 3.21. The molecule has 5 heterocycles. The van der Waals surface area contributed by atoms with E-state index >= 15 is 0 Å². The zero-order valence-corrected chi connectivity index (χ0v) is 16.8. The Morgan fingerprint density at radius 3 is 2.68 bits per heavy atom. The molecular weight excluding hydrogens is 354 g/mol. The number of nitrogens with zero attached hydrogens (tertiary/aromatic N) is 3. The molecule has 6 rings (SSSR count). The van der Waals surface area contributed by atoms with Crippen LogP contribution in [0.4, 0.5) is 0 Å². The van der Waals surface area contributed by atoms with Crippen LogP contribution in [0.1, 0.15) is 24.3 Å². The molecule has 0 N–H and O–H groups in total. The van der Waals surface area contributed by atoms with Gasteiger partial charge in [-0.1, -0.05) is 12.1 Å². The van der Waals surface area contributed by atoms with Gasteiger partial charge in [0.2, 0.25) is 5.91 Å². The van der Waals surface area contributed by atoms with Crippen molar-refractivity contribution >= 4 is 5.91 Å². The first-order valence-electron chi connectivity index (χ1n) is 10.7. The highest BCUT2D eigenvalue weighted by molar-refractivity contribution is 5.78. The summed E-state index contributed by atoms with van der Waals surface area (Å²) in [6.45, 7) is 6.72. The maximum atomic E-state index is 13.0. The van der Waals surface area contributed by atoms with Crippen LogP contribution < -0.4 is 4.74 Å². The second-order valence-corrected chi connectivity index (χ2v) is 8.66. The summed E-state index contributed by atoms with van der Waals surface area (Å²) in [6, 6.07) is 9.57. The van der Waals surface area contributed by atoms with Crippen LogP contribution in [-0.4, -0.2) is 92.3 Å². The highest BCUT2D eigenvalue weighted by Gasteiger charge is 2.53. The summed E-state index contributed by atoms with van der Waals surface area (Å²) in [5.41, 5.74) is 1.35. The minimum absolute atomic E-state index is 0.268. The number of fused-ring (bicyclic) bond motifs is 2. The van der Waals surface area contributed by atoms with Gasteiger partial charge in [0.05, 0.1) is 26.9 Å². The van der Waals surface area contributed by atoms with Crippen LogP contribution in [0.25, 0.3) is 0 Å². The molecule has 0 aromatic heterocycles. The van der Waals surface area contributed by atoms with Crippen LogP contribution >= 0.6 is 0 Å². The smallest absolute Gasteiger partial charge is 0.236 e.